The third kappa shape index (κ3) is 5.20. The Morgan fingerprint density at radius 1 is 1.03 bits per heavy atom. The monoisotopic (exact) mass is 520 g/mol. The minimum Gasteiger partial charge on any atom is -0.506 e. The standard InChI is InChI=1S/C23H19ClF6N2O3/c1-32-17(11-19(31-32)23(28,29)30)14-3-5-18(35-13-6-8-34-9-7-13)20(21(14)33)12-2-4-16(24)15(10-12)22(25,26)27/h2-5,10-11,13,33H,6-9H2,1H3. The van der Waals surface area contributed by atoms with Crippen LogP contribution in [0.2, 0.25) is 5.02 Å². The maximum Gasteiger partial charge on any atom is 0.435 e. The van der Waals surface area contributed by atoms with Crippen molar-refractivity contribution >= 4 is 11.6 Å². The topological polar surface area (TPSA) is 56.5 Å². The lowest BCUT2D eigenvalue weighted by molar-refractivity contribution is -0.141. The average Bonchev–Trinajstić information content (AvgIpc) is 3.17. The molecule has 0 aliphatic carbocycles. The molecule has 1 saturated heterocycles. The van der Waals surface area contributed by atoms with E-state index in [1.807, 2.05) is 0 Å². The maximum absolute atomic E-state index is 13.5. The van der Waals surface area contributed by atoms with E-state index in [4.69, 9.17) is 21.1 Å². The Bertz CT molecular complexity index is 1230. The van der Waals surface area contributed by atoms with Gasteiger partial charge in [-0.15, -0.1) is 0 Å². The van der Waals surface area contributed by atoms with E-state index in [0.717, 1.165) is 22.9 Å². The molecule has 188 valence electrons. The molecular formula is C23H19ClF6N2O3. The molecule has 0 saturated carbocycles. The van der Waals surface area contributed by atoms with Gasteiger partial charge in [0.25, 0.3) is 0 Å². The summed E-state index contributed by atoms with van der Waals surface area (Å²) in [5.41, 5.74) is -2.62. The molecule has 0 spiro atoms. The normalized spacial score (nSPS) is 15.4. The number of halogens is 7. The third-order valence-electron chi connectivity index (χ3n) is 5.61. The van der Waals surface area contributed by atoms with E-state index in [1.54, 1.807) is 0 Å². The van der Waals surface area contributed by atoms with E-state index in [1.165, 1.54) is 25.2 Å². The molecule has 1 N–H and O–H groups in total. The van der Waals surface area contributed by atoms with Crippen LogP contribution in [0.1, 0.15) is 24.1 Å². The van der Waals surface area contributed by atoms with Gasteiger partial charge in [0.2, 0.25) is 0 Å². The molecule has 5 nitrogen and oxygen atoms in total. The minimum absolute atomic E-state index is 0.0617. The number of benzene rings is 2. The number of phenols is 1. The number of alkyl halides is 6. The smallest absolute Gasteiger partial charge is 0.435 e. The van der Waals surface area contributed by atoms with Crippen LogP contribution in [0.3, 0.4) is 0 Å². The number of aromatic nitrogens is 2. The first-order valence-electron chi connectivity index (χ1n) is 10.5. The Balaban J connectivity index is 1.89. The van der Waals surface area contributed by atoms with Crippen LogP contribution in [0.4, 0.5) is 26.3 Å². The highest BCUT2D eigenvalue weighted by Gasteiger charge is 2.36. The summed E-state index contributed by atoms with van der Waals surface area (Å²) < 4.78 is 92.3. The van der Waals surface area contributed by atoms with Gasteiger partial charge >= 0.3 is 12.4 Å². The molecule has 0 amide bonds. The number of hydrogen-bond acceptors (Lipinski definition) is 4. The highest BCUT2D eigenvalue weighted by molar-refractivity contribution is 6.31. The van der Waals surface area contributed by atoms with Crippen LogP contribution < -0.4 is 4.74 Å². The van der Waals surface area contributed by atoms with Crippen molar-refractivity contribution in [1.82, 2.24) is 9.78 Å². The van der Waals surface area contributed by atoms with E-state index in [2.05, 4.69) is 5.10 Å². The predicted octanol–water partition coefficient (Wildman–Crippen LogP) is 6.71. The summed E-state index contributed by atoms with van der Waals surface area (Å²) in [4.78, 5) is 0. The lowest BCUT2D eigenvalue weighted by Gasteiger charge is -2.25. The molecule has 1 fully saturated rings. The van der Waals surface area contributed by atoms with Gasteiger partial charge in [-0.05, 0) is 35.9 Å². The lowest BCUT2D eigenvalue weighted by Crippen LogP contribution is -2.26. The molecule has 0 bridgehead atoms. The van der Waals surface area contributed by atoms with Gasteiger partial charge in [0.15, 0.2) is 5.69 Å². The first kappa shape index (κ1) is 25.2. The molecule has 4 rings (SSSR count). The highest BCUT2D eigenvalue weighted by Crippen LogP contribution is 2.47. The third-order valence-corrected chi connectivity index (χ3v) is 5.94. The van der Waals surface area contributed by atoms with Crippen LogP contribution in [0.15, 0.2) is 36.4 Å². The van der Waals surface area contributed by atoms with E-state index in [-0.39, 0.29) is 34.2 Å². The predicted molar refractivity (Wildman–Crippen MR) is 115 cm³/mol. The molecule has 0 atom stereocenters. The van der Waals surface area contributed by atoms with Gasteiger partial charge in [0.1, 0.15) is 17.6 Å². The van der Waals surface area contributed by atoms with Gasteiger partial charge < -0.3 is 14.6 Å². The fourth-order valence-electron chi connectivity index (χ4n) is 3.89. The SMILES string of the molecule is Cn1nc(C(F)(F)F)cc1-c1ccc(OC2CCOCC2)c(-c2ccc(Cl)c(C(F)(F)F)c2)c1O. The quantitative estimate of drug-likeness (QED) is 0.389. The zero-order valence-electron chi connectivity index (χ0n) is 18.2. The van der Waals surface area contributed by atoms with E-state index < -0.39 is 34.4 Å². The molecule has 12 heteroatoms. The van der Waals surface area contributed by atoms with Crippen molar-refractivity contribution in [3.8, 4) is 33.9 Å². The lowest BCUT2D eigenvalue weighted by atomic mass is 9.96. The molecule has 1 aromatic heterocycles. The van der Waals surface area contributed by atoms with E-state index in [0.29, 0.717) is 26.1 Å². The summed E-state index contributed by atoms with van der Waals surface area (Å²) >= 11 is 5.75. The second kappa shape index (κ2) is 9.27. The Morgan fingerprint density at radius 3 is 2.31 bits per heavy atom. The number of aromatic hydroxyl groups is 1. The van der Waals surface area contributed by atoms with Crippen molar-refractivity contribution in [1.29, 1.82) is 0 Å². The van der Waals surface area contributed by atoms with Crippen LogP contribution in [0.25, 0.3) is 22.4 Å². The zero-order chi connectivity index (χ0) is 25.5. The summed E-state index contributed by atoms with van der Waals surface area (Å²) in [5.74, 6) is -0.478. The largest absolute Gasteiger partial charge is 0.506 e. The summed E-state index contributed by atoms with van der Waals surface area (Å²) in [6, 6.07) is 6.57. The minimum atomic E-state index is -4.77. The van der Waals surface area contributed by atoms with Gasteiger partial charge in [-0.25, -0.2) is 0 Å². The molecule has 35 heavy (non-hydrogen) atoms. The Labute approximate surface area is 200 Å². The van der Waals surface area contributed by atoms with Crippen molar-refractivity contribution in [2.24, 2.45) is 7.05 Å². The van der Waals surface area contributed by atoms with Crippen LogP contribution in [-0.4, -0.2) is 34.2 Å². The highest BCUT2D eigenvalue weighted by atomic mass is 35.5. The Morgan fingerprint density at radius 2 is 1.71 bits per heavy atom. The maximum atomic E-state index is 13.5. The number of nitrogens with zero attached hydrogens (tertiary/aromatic N) is 2. The van der Waals surface area contributed by atoms with Gasteiger partial charge in [0.05, 0.1) is 35.1 Å². The second-order valence-electron chi connectivity index (χ2n) is 7.99. The molecule has 1 aliphatic rings. The molecule has 3 aromatic rings. The molecular weight excluding hydrogens is 502 g/mol. The van der Waals surface area contributed by atoms with Crippen LogP contribution in [-0.2, 0) is 24.1 Å². The van der Waals surface area contributed by atoms with Crippen molar-refractivity contribution in [3.05, 3.63) is 52.7 Å². The number of hydrogen-bond donors (Lipinski definition) is 1. The molecule has 2 heterocycles. The van der Waals surface area contributed by atoms with Gasteiger partial charge in [0, 0.05) is 25.5 Å². The first-order chi connectivity index (χ1) is 16.4. The van der Waals surface area contributed by atoms with Crippen LogP contribution >= 0.6 is 11.6 Å². The van der Waals surface area contributed by atoms with Gasteiger partial charge in [-0.1, -0.05) is 17.7 Å². The van der Waals surface area contributed by atoms with E-state index in [9.17, 15) is 31.4 Å². The summed E-state index contributed by atoms with van der Waals surface area (Å²) in [7, 11) is 1.26. The average molecular weight is 521 g/mol. The van der Waals surface area contributed by atoms with Gasteiger partial charge in [-0.3, -0.25) is 4.68 Å². The van der Waals surface area contributed by atoms with Crippen molar-refractivity contribution in [2.75, 3.05) is 13.2 Å². The molecule has 2 aromatic carbocycles. The first-order valence-corrected chi connectivity index (χ1v) is 10.8. The van der Waals surface area contributed by atoms with E-state index >= 15 is 0 Å². The number of rotatable bonds is 4. The zero-order valence-corrected chi connectivity index (χ0v) is 18.9. The Hall–Kier alpha value is -2.92. The molecule has 1 aliphatic heterocycles. The number of phenolic OH excluding ortho intramolecular Hbond substituents is 1. The number of aryl methyl sites for hydroxylation is 1. The van der Waals surface area contributed by atoms with Gasteiger partial charge in [-0.2, -0.15) is 31.4 Å². The molecule has 0 radical (unpaired) electrons. The van der Waals surface area contributed by atoms with Crippen molar-refractivity contribution in [2.45, 2.75) is 31.3 Å². The van der Waals surface area contributed by atoms with Crippen molar-refractivity contribution < 1.29 is 40.9 Å². The molecule has 0 unspecified atom stereocenters. The number of ether oxygens (including phenoxy) is 2. The second-order valence-corrected chi connectivity index (χ2v) is 8.40. The Kier molecular flexibility index (Phi) is 6.67. The summed E-state index contributed by atoms with van der Waals surface area (Å²) in [5, 5.41) is 14.1. The van der Waals surface area contributed by atoms with Crippen LogP contribution in [0.5, 0.6) is 11.5 Å². The summed E-state index contributed by atoms with van der Waals surface area (Å²) in [6.45, 7) is 0.858. The summed E-state index contributed by atoms with van der Waals surface area (Å²) in [6.07, 6.45) is -8.78. The fourth-order valence-corrected chi connectivity index (χ4v) is 4.11. The van der Waals surface area contributed by atoms with Crippen LogP contribution in [0, 0.1) is 0 Å². The van der Waals surface area contributed by atoms with Crippen molar-refractivity contribution in [3.63, 3.8) is 0 Å². The fraction of sp³-hybridized carbons (Fsp3) is 0.348.